The van der Waals surface area contributed by atoms with E-state index in [2.05, 4.69) is 68.0 Å². The van der Waals surface area contributed by atoms with Crippen LogP contribution >= 0.6 is 11.8 Å². The smallest absolute Gasteiger partial charge is 0.244 e. The van der Waals surface area contributed by atoms with Crippen molar-refractivity contribution in [1.82, 2.24) is 25.6 Å². The third-order valence-corrected chi connectivity index (χ3v) is 5.08. The molecule has 0 unspecified atom stereocenters. The lowest BCUT2D eigenvalue weighted by molar-refractivity contribution is -0.116. The predicted octanol–water partition coefficient (Wildman–Crippen LogP) is 1.15. The lowest BCUT2D eigenvalue weighted by atomic mass is 10.3. The highest BCUT2D eigenvalue weighted by Gasteiger charge is 2.17. The van der Waals surface area contributed by atoms with E-state index in [-0.39, 0.29) is 12.5 Å². The first-order chi connectivity index (χ1) is 15.0. The van der Waals surface area contributed by atoms with Gasteiger partial charge in [0, 0.05) is 32.2 Å². The standard InChI is InChI=1S/C21H30N8OS/c1-5-17(3)27-24-16-23-18-15-19(29-12-10-28(4)11-13-29)26-21(25-18)31-14-8-7-9-22-20(30)6-2/h5-6,15,24H,1-2,9-14,16H2,3-4H3,(H,22,30)(H,23,25,26)/b27-17-. The molecule has 0 spiro atoms. The lowest BCUT2D eigenvalue weighted by Gasteiger charge is -2.33. The van der Waals surface area contributed by atoms with Gasteiger partial charge in [0.2, 0.25) is 5.91 Å². The van der Waals surface area contributed by atoms with Crippen LogP contribution in [-0.2, 0) is 4.79 Å². The molecule has 1 saturated heterocycles. The number of rotatable bonds is 10. The van der Waals surface area contributed by atoms with E-state index in [1.165, 1.54) is 17.8 Å². The highest BCUT2D eigenvalue weighted by atomic mass is 32.2. The van der Waals surface area contributed by atoms with Gasteiger partial charge in [0.05, 0.1) is 18.0 Å². The Labute approximate surface area is 188 Å². The van der Waals surface area contributed by atoms with Crippen LogP contribution in [0.1, 0.15) is 6.92 Å². The normalized spacial score (nSPS) is 14.3. The second kappa shape index (κ2) is 13.3. The molecule has 9 nitrogen and oxygen atoms in total. The lowest BCUT2D eigenvalue weighted by Crippen LogP contribution is -2.44. The summed E-state index contributed by atoms with van der Waals surface area (Å²) in [5.41, 5.74) is 3.75. The van der Waals surface area contributed by atoms with E-state index in [9.17, 15) is 4.79 Å². The first-order valence-electron chi connectivity index (χ1n) is 9.96. The molecular formula is C21H30N8OS. The maximum atomic E-state index is 11.1. The average molecular weight is 443 g/mol. The van der Waals surface area contributed by atoms with Gasteiger partial charge >= 0.3 is 0 Å². The minimum atomic E-state index is -0.234. The molecule has 2 heterocycles. The van der Waals surface area contributed by atoms with Crippen LogP contribution in [0.4, 0.5) is 11.6 Å². The summed E-state index contributed by atoms with van der Waals surface area (Å²) in [6.45, 7) is 13.5. The number of hydrazone groups is 1. The van der Waals surface area contributed by atoms with Gasteiger partial charge in [-0.05, 0) is 26.1 Å². The van der Waals surface area contributed by atoms with Gasteiger partial charge in [-0.1, -0.05) is 36.8 Å². The number of likely N-dealkylation sites (N-methyl/N-ethyl adjacent to an activating group) is 1. The molecule has 1 aliphatic heterocycles. The van der Waals surface area contributed by atoms with Gasteiger partial charge in [0.25, 0.3) is 0 Å². The largest absolute Gasteiger partial charge is 0.354 e. The monoisotopic (exact) mass is 442 g/mol. The number of piperazine rings is 1. The number of allylic oxidation sites excluding steroid dienone is 1. The van der Waals surface area contributed by atoms with Gasteiger partial charge in [-0.2, -0.15) is 5.10 Å². The molecule has 166 valence electrons. The van der Waals surface area contributed by atoms with Crippen LogP contribution < -0.4 is 21.0 Å². The van der Waals surface area contributed by atoms with E-state index in [0.717, 1.165) is 43.5 Å². The summed E-state index contributed by atoms with van der Waals surface area (Å²) in [5, 5.41) is 10.7. The zero-order chi connectivity index (χ0) is 22.5. The zero-order valence-corrected chi connectivity index (χ0v) is 19.0. The van der Waals surface area contributed by atoms with Gasteiger partial charge in [-0.3, -0.25) is 10.2 Å². The minimum Gasteiger partial charge on any atom is -0.354 e. The molecule has 1 aliphatic rings. The highest BCUT2D eigenvalue weighted by Crippen LogP contribution is 2.22. The van der Waals surface area contributed by atoms with Gasteiger partial charge in [-0.25, -0.2) is 9.97 Å². The van der Waals surface area contributed by atoms with Crippen LogP contribution in [0.15, 0.2) is 41.6 Å². The Morgan fingerprint density at radius 2 is 2.03 bits per heavy atom. The predicted molar refractivity (Wildman–Crippen MR) is 128 cm³/mol. The molecule has 1 fully saturated rings. The molecule has 10 heteroatoms. The van der Waals surface area contributed by atoms with Crippen molar-refractivity contribution >= 4 is 35.0 Å². The maximum absolute atomic E-state index is 11.1. The number of amides is 1. The Bertz CT molecular complexity index is 853. The molecule has 0 saturated carbocycles. The second-order valence-corrected chi connectivity index (χ2v) is 7.66. The molecule has 31 heavy (non-hydrogen) atoms. The van der Waals surface area contributed by atoms with Crippen LogP contribution in [0, 0.1) is 11.8 Å². The number of hydrogen-bond donors (Lipinski definition) is 3. The fourth-order valence-electron chi connectivity index (χ4n) is 2.52. The first kappa shape index (κ1) is 24.2. The number of carbonyl (C=O) groups excluding carboxylic acids is 1. The summed E-state index contributed by atoms with van der Waals surface area (Å²) in [6.07, 6.45) is 2.91. The van der Waals surface area contributed by atoms with Gasteiger partial charge in [0.1, 0.15) is 18.3 Å². The fourth-order valence-corrected chi connectivity index (χ4v) is 3.15. The number of carbonyl (C=O) groups is 1. The Kier molecular flexibility index (Phi) is 10.4. The molecule has 3 N–H and O–H groups in total. The summed E-state index contributed by atoms with van der Waals surface area (Å²) in [5.74, 6) is 7.82. The molecule has 0 bridgehead atoms. The molecule has 2 rings (SSSR count). The van der Waals surface area contributed by atoms with Crippen LogP contribution in [0.5, 0.6) is 0 Å². The van der Waals surface area contributed by atoms with Crippen molar-refractivity contribution in [3.05, 3.63) is 31.4 Å². The molecular weight excluding hydrogens is 412 g/mol. The Hall–Kier alpha value is -3.03. The molecule has 1 amide bonds. The van der Waals surface area contributed by atoms with Crippen molar-refractivity contribution in [3.8, 4) is 11.8 Å². The first-order valence-corrected chi connectivity index (χ1v) is 10.9. The summed E-state index contributed by atoms with van der Waals surface area (Å²) in [7, 11) is 2.12. The summed E-state index contributed by atoms with van der Waals surface area (Å²) in [4.78, 5) is 25.0. The quantitative estimate of drug-likeness (QED) is 0.0726. The van der Waals surface area contributed by atoms with Crippen molar-refractivity contribution in [1.29, 1.82) is 0 Å². The van der Waals surface area contributed by atoms with Crippen molar-refractivity contribution < 1.29 is 4.79 Å². The van der Waals surface area contributed by atoms with Crippen LogP contribution in [0.25, 0.3) is 0 Å². The van der Waals surface area contributed by atoms with Gasteiger partial charge < -0.3 is 20.4 Å². The fraction of sp³-hybridized carbons (Fsp3) is 0.429. The van der Waals surface area contributed by atoms with E-state index in [1.807, 2.05) is 13.0 Å². The maximum Gasteiger partial charge on any atom is 0.244 e. The van der Waals surface area contributed by atoms with E-state index in [1.54, 1.807) is 6.08 Å². The number of nitrogens with one attached hydrogen (secondary N) is 3. The third-order valence-electron chi connectivity index (χ3n) is 4.35. The van der Waals surface area contributed by atoms with E-state index < -0.39 is 0 Å². The number of hydrogen-bond acceptors (Lipinski definition) is 9. The average Bonchev–Trinajstić information content (AvgIpc) is 2.79. The second-order valence-electron chi connectivity index (χ2n) is 6.72. The Balaban J connectivity index is 2.02. The summed E-state index contributed by atoms with van der Waals surface area (Å²) < 4.78 is 0. The number of aromatic nitrogens is 2. The third kappa shape index (κ3) is 9.11. The zero-order valence-electron chi connectivity index (χ0n) is 18.1. The Morgan fingerprint density at radius 3 is 2.74 bits per heavy atom. The molecule has 1 aromatic rings. The van der Waals surface area contributed by atoms with E-state index >= 15 is 0 Å². The van der Waals surface area contributed by atoms with Crippen molar-refractivity contribution in [3.63, 3.8) is 0 Å². The van der Waals surface area contributed by atoms with Gasteiger partial charge in [-0.15, -0.1) is 0 Å². The SMILES string of the molecule is C=CC(=O)NCC#CCSc1nc(NCN/N=C(/C)C=C)cc(N2CCN(C)CC2)n1. The van der Waals surface area contributed by atoms with E-state index in [4.69, 9.17) is 4.98 Å². The van der Waals surface area contributed by atoms with Crippen molar-refractivity contribution in [2.45, 2.75) is 12.1 Å². The number of anilines is 2. The van der Waals surface area contributed by atoms with Crippen molar-refractivity contribution in [2.24, 2.45) is 5.10 Å². The minimum absolute atomic E-state index is 0.234. The van der Waals surface area contributed by atoms with E-state index in [0.29, 0.717) is 17.6 Å². The molecule has 0 radical (unpaired) electrons. The van der Waals surface area contributed by atoms with Crippen molar-refractivity contribution in [2.75, 3.05) is 62.4 Å². The summed E-state index contributed by atoms with van der Waals surface area (Å²) in [6, 6.07) is 1.96. The van der Waals surface area contributed by atoms with Crippen LogP contribution in [0.3, 0.4) is 0 Å². The summed E-state index contributed by atoms with van der Waals surface area (Å²) >= 11 is 1.46. The van der Waals surface area contributed by atoms with Crippen LogP contribution in [0.2, 0.25) is 0 Å². The topological polar surface area (TPSA) is 97.8 Å². The Morgan fingerprint density at radius 1 is 1.26 bits per heavy atom. The molecule has 1 aromatic heterocycles. The molecule has 0 aliphatic carbocycles. The molecule has 0 atom stereocenters. The number of nitrogens with zero attached hydrogens (tertiary/aromatic N) is 5. The highest BCUT2D eigenvalue weighted by molar-refractivity contribution is 7.99. The van der Waals surface area contributed by atoms with Gasteiger partial charge in [0.15, 0.2) is 5.16 Å². The molecule has 0 aromatic carbocycles. The van der Waals surface area contributed by atoms with Crippen LogP contribution in [-0.4, -0.2) is 78.7 Å². The number of thioether (sulfide) groups is 1.